The summed E-state index contributed by atoms with van der Waals surface area (Å²) < 4.78 is 0. The van der Waals surface area contributed by atoms with E-state index < -0.39 is 0 Å². The van der Waals surface area contributed by atoms with E-state index in [4.69, 9.17) is 0 Å². The van der Waals surface area contributed by atoms with Crippen molar-refractivity contribution in [1.82, 2.24) is 0 Å². The number of piperidine rings is 1. The smallest absolute Gasteiger partial charge is 0.662 e. The molecule has 0 N–H and O–H groups in total. The van der Waals surface area contributed by atoms with Crippen LogP contribution in [-0.2, 0) is 19.5 Å². The molecular formula is C6H12NRu. The van der Waals surface area contributed by atoms with Crippen molar-refractivity contribution < 1.29 is 19.5 Å². The Morgan fingerprint density at radius 1 is 1.50 bits per heavy atom. The number of rotatable bonds is 0. The molecule has 0 spiro atoms. The molecule has 1 nitrogen and oxygen atoms in total. The molecule has 0 saturated carbocycles. The van der Waals surface area contributed by atoms with Gasteiger partial charge in [0.05, 0.1) is 0 Å². The summed E-state index contributed by atoms with van der Waals surface area (Å²) in [4.78, 5) is 0. The van der Waals surface area contributed by atoms with E-state index in [1.54, 1.807) is 0 Å². The second-order valence-electron chi connectivity index (χ2n) is 2.38. The third kappa shape index (κ3) is 2.79. The van der Waals surface area contributed by atoms with Gasteiger partial charge < -0.3 is 5.32 Å². The van der Waals surface area contributed by atoms with Crippen LogP contribution in [0, 0.1) is 5.92 Å². The van der Waals surface area contributed by atoms with Crippen LogP contribution in [0.25, 0.3) is 5.32 Å². The number of hydrogen-bond donors (Lipinski definition) is 0. The fraction of sp³-hybridized carbons (Fsp3) is 1.00. The van der Waals surface area contributed by atoms with Crippen molar-refractivity contribution in [3.8, 4) is 0 Å². The van der Waals surface area contributed by atoms with E-state index in [9.17, 15) is 0 Å². The van der Waals surface area contributed by atoms with Gasteiger partial charge in [-0.25, -0.2) is 0 Å². The normalized spacial score (nSPS) is 28.9. The van der Waals surface area contributed by atoms with Crippen molar-refractivity contribution in [2.24, 2.45) is 5.92 Å². The predicted octanol–water partition coefficient (Wildman–Crippen LogP) is 1.79. The van der Waals surface area contributed by atoms with Crippen LogP contribution in [0.1, 0.15) is 19.8 Å². The van der Waals surface area contributed by atoms with E-state index >= 15 is 0 Å². The van der Waals surface area contributed by atoms with Gasteiger partial charge in [0.2, 0.25) is 0 Å². The van der Waals surface area contributed by atoms with E-state index in [0.29, 0.717) is 0 Å². The second kappa shape index (κ2) is 4.46. The monoisotopic (exact) mass is 200 g/mol. The molecule has 1 rings (SSSR count). The standard InChI is InChI=1S/C6H12N.Ru/c1-6-3-2-4-7-5-6;/h6H,2-5H2,1H3;/q-1;+1. The van der Waals surface area contributed by atoms with Crippen LogP contribution in [-0.4, -0.2) is 13.1 Å². The minimum absolute atomic E-state index is 0. The minimum Gasteiger partial charge on any atom is -0.662 e. The zero-order valence-corrected chi connectivity index (χ0v) is 6.94. The van der Waals surface area contributed by atoms with Crippen LogP contribution in [0.2, 0.25) is 0 Å². The Hall–Kier alpha value is 0.583. The molecule has 0 aromatic rings. The van der Waals surface area contributed by atoms with Gasteiger partial charge in [-0.1, -0.05) is 25.7 Å². The van der Waals surface area contributed by atoms with Crippen molar-refractivity contribution in [2.45, 2.75) is 19.8 Å². The molecule has 1 aliphatic heterocycles. The Balaban J connectivity index is 0.000000490. The maximum atomic E-state index is 4.26. The summed E-state index contributed by atoms with van der Waals surface area (Å²) in [5.41, 5.74) is 0. The molecule has 0 amide bonds. The van der Waals surface area contributed by atoms with Crippen LogP contribution in [0.3, 0.4) is 0 Å². The van der Waals surface area contributed by atoms with Gasteiger partial charge in [0, 0.05) is 0 Å². The van der Waals surface area contributed by atoms with Crippen LogP contribution >= 0.6 is 0 Å². The molecule has 0 aromatic heterocycles. The van der Waals surface area contributed by atoms with Gasteiger partial charge in [0.1, 0.15) is 0 Å². The third-order valence-corrected chi connectivity index (χ3v) is 1.45. The molecule has 1 heterocycles. The van der Waals surface area contributed by atoms with Gasteiger partial charge in [0.15, 0.2) is 0 Å². The predicted molar refractivity (Wildman–Crippen MR) is 31.5 cm³/mol. The summed E-state index contributed by atoms with van der Waals surface area (Å²) in [5.74, 6) is 0.869. The van der Waals surface area contributed by atoms with Gasteiger partial charge in [-0.05, 0) is 0 Å². The molecule has 1 fully saturated rings. The fourth-order valence-electron chi connectivity index (χ4n) is 0.955. The van der Waals surface area contributed by atoms with Crippen molar-refractivity contribution >= 4 is 0 Å². The first-order valence-corrected chi connectivity index (χ1v) is 3.03. The first kappa shape index (κ1) is 8.58. The van der Waals surface area contributed by atoms with Gasteiger partial charge >= 0.3 is 19.5 Å². The summed E-state index contributed by atoms with van der Waals surface area (Å²) >= 11 is 0. The largest absolute Gasteiger partial charge is 1.00 e. The first-order valence-electron chi connectivity index (χ1n) is 3.03. The summed E-state index contributed by atoms with van der Waals surface area (Å²) in [7, 11) is 0. The molecule has 1 radical (unpaired) electrons. The third-order valence-electron chi connectivity index (χ3n) is 1.45. The second-order valence-corrected chi connectivity index (χ2v) is 2.38. The zero-order chi connectivity index (χ0) is 5.11. The Kier molecular flexibility index (Phi) is 4.79. The number of nitrogens with zero attached hydrogens (tertiary/aromatic N) is 1. The van der Waals surface area contributed by atoms with E-state index in [2.05, 4.69) is 12.2 Å². The van der Waals surface area contributed by atoms with E-state index in [1.807, 2.05) is 0 Å². The van der Waals surface area contributed by atoms with Crippen molar-refractivity contribution in [2.75, 3.05) is 13.1 Å². The van der Waals surface area contributed by atoms with Crippen molar-refractivity contribution in [3.05, 3.63) is 5.32 Å². The van der Waals surface area contributed by atoms with Gasteiger partial charge in [-0.15, -0.1) is 13.1 Å². The average Bonchev–Trinajstić information content (AvgIpc) is 1.69. The maximum absolute atomic E-state index is 4.26. The molecule has 8 heavy (non-hydrogen) atoms. The molecule has 49 valence electrons. The zero-order valence-electron chi connectivity index (χ0n) is 5.21. The molecule has 0 aliphatic carbocycles. The SMILES string of the molecule is CC1CCC[N-]C1.[Ru+]. The van der Waals surface area contributed by atoms with Crippen LogP contribution < -0.4 is 0 Å². The minimum atomic E-state index is 0. The Morgan fingerprint density at radius 2 is 2.25 bits per heavy atom. The summed E-state index contributed by atoms with van der Waals surface area (Å²) in [6, 6.07) is 0. The molecule has 0 aromatic carbocycles. The Morgan fingerprint density at radius 3 is 2.50 bits per heavy atom. The summed E-state index contributed by atoms with van der Waals surface area (Å²) in [6.07, 6.45) is 2.71. The van der Waals surface area contributed by atoms with Gasteiger partial charge in [-0.3, -0.25) is 0 Å². The summed E-state index contributed by atoms with van der Waals surface area (Å²) in [5, 5.41) is 4.26. The number of hydrogen-bond acceptors (Lipinski definition) is 0. The molecule has 1 aliphatic rings. The van der Waals surface area contributed by atoms with Crippen molar-refractivity contribution in [1.29, 1.82) is 0 Å². The Bertz CT molecular complexity index is 50.5. The quantitative estimate of drug-likeness (QED) is 0.528. The van der Waals surface area contributed by atoms with Crippen LogP contribution in [0.4, 0.5) is 0 Å². The van der Waals surface area contributed by atoms with Gasteiger partial charge in [0.25, 0.3) is 0 Å². The van der Waals surface area contributed by atoms with Crippen molar-refractivity contribution in [3.63, 3.8) is 0 Å². The first-order chi connectivity index (χ1) is 3.39. The van der Waals surface area contributed by atoms with Crippen LogP contribution in [0.5, 0.6) is 0 Å². The van der Waals surface area contributed by atoms with Crippen LogP contribution in [0.15, 0.2) is 0 Å². The van der Waals surface area contributed by atoms with E-state index in [-0.39, 0.29) is 19.5 Å². The molecule has 2 heteroatoms. The molecular weight excluding hydrogens is 187 g/mol. The van der Waals surface area contributed by atoms with E-state index in [1.165, 1.54) is 12.8 Å². The topological polar surface area (TPSA) is 14.1 Å². The maximum Gasteiger partial charge on any atom is 1.00 e. The summed E-state index contributed by atoms with van der Waals surface area (Å²) in [6.45, 7) is 4.49. The molecule has 1 saturated heterocycles. The molecule has 0 bridgehead atoms. The molecule has 1 unspecified atom stereocenters. The van der Waals surface area contributed by atoms with Gasteiger partial charge in [-0.2, -0.15) is 0 Å². The molecule has 1 atom stereocenters. The van der Waals surface area contributed by atoms with E-state index in [0.717, 1.165) is 19.0 Å². The average molecular weight is 199 g/mol. The Labute approximate surface area is 64.0 Å². The fourth-order valence-corrected chi connectivity index (χ4v) is 0.955.